The van der Waals surface area contributed by atoms with E-state index in [1.54, 1.807) is 6.07 Å². The number of urea groups is 1. The maximum Gasteiger partial charge on any atom is 0.322 e. The Morgan fingerprint density at radius 3 is 2.61 bits per heavy atom. The lowest BCUT2D eigenvalue weighted by Gasteiger charge is -2.47. The van der Waals surface area contributed by atoms with Crippen molar-refractivity contribution in [3.05, 3.63) is 46.1 Å². The van der Waals surface area contributed by atoms with Gasteiger partial charge in [-0.2, -0.15) is 0 Å². The van der Waals surface area contributed by atoms with E-state index in [4.69, 9.17) is 16.7 Å². The summed E-state index contributed by atoms with van der Waals surface area (Å²) < 4.78 is 28.5. The van der Waals surface area contributed by atoms with Crippen LogP contribution >= 0.6 is 11.6 Å². The minimum atomic E-state index is -2.88. The van der Waals surface area contributed by atoms with E-state index in [1.807, 2.05) is 12.1 Å². The van der Waals surface area contributed by atoms with E-state index in [0.29, 0.717) is 16.2 Å². The zero-order chi connectivity index (χ0) is 23.0. The van der Waals surface area contributed by atoms with Crippen molar-refractivity contribution in [3.8, 4) is 0 Å². The molecular formula is C23H29ClF2N2O3. The standard InChI is InChI=1S/C23H29ClF2N2O3/c1-21(2,3)8-6-15-4-5-16(12-18(15)24)23-10-9-22(25,26)13-17(23)14-28(20(31)27-23)11-7-19(29)30/h4-5,12,14H,6-11,13H2,1-3H3,(H,27,31)(H,29,30). The molecule has 0 aromatic heterocycles. The minimum absolute atomic E-state index is 0.0437. The second-order valence-electron chi connectivity index (χ2n) is 9.73. The number of carboxylic acids is 1. The number of aliphatic carboxylic acids is 1. The third kappa shape index (κ3) is 5.37. The molecule has 1 atom stereocenters. The van der Waals surface area contributed by atoms with Crippen LogP contribution in [-0.2, 0) is 16.8 Å². The molecule has 3 rings (SSSR count). The minimum Gasteiger partial charge on any atom is -0.481 e. The number of carboxylic acid groups (broad SMARTS) is 1. The van der Waals surface area contributed by atoms with Crippen LogP contribution < -0.4 is 5.32 Å². The van der Waals surface area contributed by atoms with E-state index in [-0.39, 0.29) is 31.2 Å². The highest BCUT2D eigenvalue weighted by Crippen LogP contribution is 2.49. The summed E-state index contributed by atoms with van der Waals surface area (Å²) in [6, 6.07) is 5.03. The van der Waals surface area contributed by atoms with Crippen LogP contribution in [0.25, 0.3) is 0 Å². The van der Waals surface area contributed by atoms with Gasteiger partial charge in [-0.15, -0.1) is 0 Å². The molecule has 1 aliphatic carbocycles. The molecule has 1 fully saturated rings. The lowest BCUT2D eigenvalue weighted by atomic mass is 9.70. The summed E-state index contributed by atoms with van der Waals surface area (Å²) in [6.45, 7) is 6.38. The summed E-state index contributed by atoms with van der Waals surface area (Å²) in [5.74, 6) is -3.94. The van der Waals surface area contributed by atoms with Gasteiger partial charge in [-0.05, 0) is 47.4 Å². The number of nitrogens with one attached hydrogen (secondary N) is 1. The fraction of sp³-hybridized carbons (Fsp3) is 0.565. The predicted octanol–water partition coefficient (Wildman–Crippen LogP) is 5.72. The van der Waals surface area contributed by atoms with Crippen molar-refractivity contribution >= 4 is 23.6 Å². The highest BCUT2D eigenvalue weighted by molar-refractivity contribution is 6.31. The smallest absolute Gasteiger partial charge is 0.322 e. The maximum atomic E-state index is 14.3. The number of nitrogens with zero attached hydrogens (tertiary/aromatic N) is 1. The molecule has 0 spiro atoms. The van der Waals surface area contributed by atoms with E-state index in [9.17, 15) is 18.4 Å². The fourth-order valence-electron chi connectivity index (χ4n) is 4.16. The highest BCUT2D eigenvalue weighted by atomic mass is 35.5. The Hall–Kier alpha value is -2.15. The number of hydrogen-bond acceptors (Lipinski definition) is 2. The predicted molar refractivity (Wildman–Crippen MR) is 115 cm³/mol. The van der Waals surface area contributed by atoms with Gasteiger partial charge in [-0.1, -0.05) is 44.5 Å². The van der Waals surface area contributed by atoms with Crippen LogP contribution in [0.2, 0.25) is 5.02 Å². The number of carbonyl (C=O) groups is 2. The molecule has 1 heterocycles. The Kier molecular flexibility index (Phi) is 6.38. The molecule has 1 aromatic rings. The fourth-order valence-corrected chi connectivity index (χ4v) is 4.43. The molecule has 0 radical (unpaired) electrons. The molecule has 2 amide bonds. The Labute approximate surface area is 186 Å². The van der Waals surface area contributed by atoms with Crippen LogP contribution in [0, 0.1) is 5.41 Å². The topological polar surface area (TPSA) is 69.6 Å². The van der Waals surface area contributed by atoms with Crippen LogP contribution in [0.1, 0.15) is 64.0 Å². The summed E-state index contributed by atoms with van der Waals surface area (Å²) in [5, 5.41) is 12.4. The average Bonchev–Trinajstić information content (AvgIpc) is 2.64. The van der Waals surface area contributed by atoms with Crippen LogP contribution in [0.15, 0.2) is 30.0 Å². The van der Waals surface area contributed by atoms with Crippen molar-refractivity contribution in [2.75, 3.05) is 6.54 Å². The van der Waals surface area contributed by atoms with Crippen molar-refractivity contribution in [2.24, 2.45) is 5.41 Å². The molecular weight excluding hydrogens is 426 g/mol. The first-order chi connectivity index (χ1) is 14.3. The Balaban J connectivity index is 1.95. The quantitative estimate of drug-likeness (QED) is 0.577. The number of fused-ring (bicyclic) bond motifs is 1. The van der Waals surface area contributed by atoms with Crippen LogP contribution in [-0.4, -0.2) is 34.5 Å². The van der Waals surface area contributed by atoms with Crippen LogP contribution in [0.4, 0.5) is 13.6 Å². The molecule has 0 saturated heterocycles. The number of hydrogen-bond donors (Lipinski definition) is 2. The second-order valence-corrected chi connectivity index (χ2v) is 10.1. The van der Waals surface area contributed by atoms with Gasteiger partial charge in [0.1, 0.15) is 0 Å². The summed E-state index contributed by atoms with van der Waals surface area (Å²) >= 11 is 6.56. The van der Waals surface area contributed by atoms with Gasteiger partial charge in [-0.25, -0.2) is 13.6 Å². The lowest BCUT2D eigenvalue weighted by Crippen LogP contribution is -2.58. The normalized spacial score (nSPS) is 23.1. The maximum absolute atomic E-state index is 14.3. The molecule has 1 unspecified atom stereocenters. The zero-order valence-corrected chi connectivity index (χ0v) is 18.9. The van der Waals surface area contributed by atoms with Gasteiger partial charge in [0.15, 0.2) is 0 Å². The van der Waals surface area contributed by atoms with Crippen LogP contribution in [0.5, 0.6) is 0 Å². The monoisotopic (exact) mass is 454 g/mol. The van der Waals surface area contributed by atoms with E-state index in [1.165, 1.54) is 11.1 Å². The van der Waals surface area contributed by atoms with Gasteiger partial charge in [0.2, 0.25) is 0 Å². The molecule has 170 valence electrons. The number of benzene rings is 1. The third-order valence-electron chi connectivity index (χ3n) is 6.01. The van der Waals surface area contributed by atoms with Crippen molar-refractivity contribution in [3.63, 3.8) is 0 Å². The van der Waals surface area contributed by atoms with Crippen LogP contribution in [0.3, 0.4) is 0 Å². The molecule has 0 bridgehead atoms. The van der Waals surface area contributed by atoms with Crippen molar-refractivity contribution < 1.29 is 23.5 Å². The van der Waals surface area contributed by atoms with E-state index in [2.05, 4.69) is 26.1 Å². The molecule has 1 saturated carbocycles. The number of carbonyl (C=O) groups excluding carboxylic acids is 1. The van der Waals surface area contributed by atoms with E-state index < -0.39 is 29.9 Å². The van der Waals surface area contributed by atoms with E-state index in [0.717, 1.165) is 18.4 Å². The summed E-state index contributed by atoms with van der Waals surface area (Å²) in [5.41, 5.74) is 1.11. The number of halogens is 3. The van der Waals surface area contributed by atoms with Crippen molar-refractivity contribution in [1.82, 2.24) is 10.2 Å². The average molecular weight is 455 g/mol. The molecule has 5 nitrogen and oxygen atoms in total. The number of rotatable bonds is 6. The first-order valence-electron chi connectivity index (χ1n) is 10.5. The molecule has 1 aliphatic heterocycles. The summed E-state index contributed by atoms with van der Waals surface area (Å²) in [4.78, 5) is 24.8. The Morgan fingerprint density at radius 2 is 2.00 bits per heavy atom. The first kappa shape index (κ1) is 23.5. The van der Waals surface area contributed by atoms with Crippen molar-refractivity contribution in [1.29, 1.82) is 0 Å². The van der Waals surface area contributed by atoms with E-state index >= 15 is 0 Å². The van der Waals surface area contributed by atoms with Gasteiger partial charge in [0.05, 0.1) is 12.0 Å². The largest absolute Gasteiger partial charge is 0.481 e. The van der Waals surface area contributed by atoms with Gasteiger partial charge < -0.3 is 15.3 Å². The van der Waals surface area contributed by atoms with Crippen molar-refractivity contribution in [2.45, 2.75) is 70.8 Å². The summed E-state index contributed by atoms with van der Waals surface area (Å²) in [7, 11) is 0. The number of aryl methyl sites for hydroxylation is 1. The highest BCUT2D eigenvalue weighted by Gasteiger charge is 2.51. The molecule has 1 aromatic carbocycles. The van der Waals surface area contributed by atoms with Gasteiger partial charge >= 0.3 is 12.0 Å². The number of alkyl halides is 2. The first-order valence-corrected chi connectivity index (χ1v) is 10.9. The van der Waals surface area contributed by atoms with Gasteiger partial charge in [0.25, 0.3) is 5.92 Å². The SMILES string of the molecule is CC(C)(C)CCc1ccc(C23CCC(F)(F)CC2=CN(CCC(=O)O)C(=O)N3)cc1Cl. The third-order valence-corrected chi connectivity index (χ3v) is 6.36. The Morgan fingerprint density at radius 1 is 1.29 bits per heavy atom. The summed E-state index contributed by atoms with van der Waals surface area (Å²) in [6.07, 6.45) is 2.06. The second kappa shape index (κ2) is 8.41. The van der Waals surface area contributed by atoms with Gasteiger partial charge in [-0.3, -0.25) is 4.79 Å². The van der Waals surface area contributed by atoms with Gasteiger partial charge in [0, 0.05) is 30.6 Å². The molecule has 2 aliphatic rings. The zero-order valence-electron chi connectivity index (χ0n) is 18.1. The number of amides is 2. The Bertz CT molecular complexity index is 911. The molecule has 2 N–H and O–H groups in total. The molecule has 31 heavy (non-hydrogen) atoms. The molecule has 8 heteroatoms. The lowest BCUT2D eigenvalue weighted by molar-refractivity contribution is -0.137.